The summed E-state index contributed by atoms with van der Waals surface area (Å²) in [4.78, 5) is 13.1. The van der Waals surface area contributed by atoms with Gasteiger partial charge in [-0.2, -0.15) is 5.10 Å². The van der Waals surface area contributed by atoms with Crippen molar-refractivity contribution in [1.82, 2.24) is 9.99 Å². The maximum atomic E-state index is 12.0. The van der Waals surface area contributed by atoms with Gasteiger partial charge in [-0.1, -0.05) is 33.6 Å². The van der Waals surface area contributed by atoms with Crippen LogP contribution in [0.3, 0.4) is 0 Å². The zero-order valence-corrected chi connectivity index (χ0v) is 18.5. The summed E-state index contributed by atoms with van der Waals surface area (Å²) >= 11 is 4.96. The summed E-state index contributed by atoms with van der Waals surface area (Å²) in [7, 11) is 0. The van der Waals surface area contributed by atoms with Gasteiger partial charge in [-0.05, 0) is 63.2 Å². The van der Waals surface area contributed by atoms with Crippen molar-refractivity contribution in [3.63, 3.8) is 0 Å². The van der Waals surface area contributed by atoms with Gasteiger partial charge in [0, 0.05) is 32.0 Å². The Bertz CT molecular complexity index is 992. The van der Waals surface area contributed by atoms with E-state index in [1.165, 1.54) is 17.3 Å². The number of aromatic nitrogens is 1. The second-order valence-electron chi connectivity index (χ2n) is 6.53. The molecule has 2 aromatic carbocycles. The number of hydrogen-bond donors (Lipinski definition) is 1. The van der Waals surface area contributed by atoms with Crippen molar-refractivity contribution >= 4 is 39.8 Å². The molecule has 0 aliphatic heterocycles. The van der Waals surface area contributed by atoms with Gasteiger partial charge in [0.1, 0.15) is 0 Å². The second-order valence-corrected chi connectivity index (χ2v) is 8.50. The van der Waals surface area contributed by atoms with E-state index in [4.69, 9.17) is 0 Å². The molecule has 0 aliphatic carbocycles. The van der Waals surface area contributed by atoms with Crippen LogP contribution in [0.5, 0.6) is 0 Å². The van der Waals surface area contributed by atoms with E-state index in [2.05, 4.69) is 56.1 Å². The Balaban J connectivity index is 1.61. The van der Waals surface area contributed by atoms with E-state index in [1.807, 2.05) is 50.2 Å². The van der Waals surface area contributed by atoms with Crippen molar-refractivity contribution in [1.29, 1.82) is 0 Å². The molecule has 6 heteroatoms. The number of nitrogens with zero attached hydrogens (tertiary/aromatic N) is 2. The molecule has 0 saturated heterocycles. The zero-order valence-electron chi connectivity index (χ0n) is 16.1. The maximum Gasteiger partial charge on any atom is 0.250 e. The fourth-order valence-corrected chi connectivity index (χ4v) is 3.85. The number of hydrazone groups is 1. The Morgan fingerprint density at radius 3 is 2.46 bits per heavy atom. The van der Waals surface area contributed by atoms with Crippen LogP contribution < -0.4 is 5.43 Å². The maximum absolute atomic E-state index is 12.0. The van der Waals surface area contributed by atoms with Crippen molar-refractivity contribution in [2.24, 2.45) is 5.10 Å². The average Bonchev–Trinajstić information content (AvgIpc) is 2.96. The standard InChI is InChI=1S/C22H22BrN3OS/c1-15-4-10-21(11-5-15)28-14-22(27)25-24-13-18-12-16(2)26(17(18)3)20-8-6-19(23)7-9-20/h4-13H,14H2,1-3H3,(H,25,27)/b24-13-. The number of carbonyl (C=O) groups is 1. The van der Waals surface area contributed by atoms with E-state index < -0.39 is 0 Å². The first-order chi connectivity index (χ1) is 13.4. The Labute approximate surface area is 178 Å². The lowest BCUT2D eigenvalue weighted by atomic mass is 10.2. The molecular weight excluding hydrogens is 434 g/mol. The monoisotopic (exact) mass is 455 g/mol. The van der Waals surface area contributed by atoms with E-state index in [0.717, 1.165) is 32.0 Å². The number of nitrogens with one attached hydrogen (secondary N) is 1. The molecule has 1 N–H and O–H groups in total. The quantitative estimate of drug-likeness (QED) is 0.306. The summed E-state index contributed by atoms with van der Waals surface area (Å²) in [6.45, 7) is 6.15. The van der Waals surface area contributed by atoms with Crippen LogP contribution in [0.25, 0.3) is 5.69 Å². The first kappa shape index (κ1) is 20.4. The van der Waals surface area contributed by atoms with Gasteiger partial charge < -0.3 is 4.57 Å². The summed E-state index contributed by atoms with van der Waals surface area (Å²) < 4.78 is 3.22. The molecule has 3 rings (SSSR count). The summed E-state index contributed by atoms with van der Waals surface area (Å²) in [6.07, 6.45) is 1.70. The van der Waals surface area contributed by atoms with Gasteiger partial charge in [0.25, 0.3) is 0 Å². The molecule has 0 atom stereocenters. The average molecular weight is 456 g/mol. The summed E-state index contributed by atoms with van der Waals surface area (Å²) in [5.41, 5.74) is 8.08. The van der Waals surface area contributed by atoms with Crippen LogP contribution in [0.1, 0.15) is 22.5 Å². The van der Waals surface area contributed by atoms with E-state index in [0.29, 0.717) is 5.75 Å². The van der Waals surface area contributed by atoms with Gasteiger partial charge in [0.15, 0.2) is 0 Å². The number of hydrogen-bond acceptors (Lipinski definition) is 3. The predicted octanol–water partition coefficient (Wildman–Crippen LogP) is 5.41. The van der Waals surface area contributed by atoms with E-state index in [9.17, 15) is 4.79 Å². The third kappa shape index (κ3) is 5.14. The van der Waals surface area contributed by atoms with Crippen LogP contribution in [0.15, 0.2) is 69.1 Å². The van der Waals surface area contributed by atoms with Crippen LogP contribution in [-0.4, -0.2) is 22.4 Å². The van der Waals surface area contributed by atoms with E-state index >= 15 is 0 Å². The molecule has 28 heavy (non-hydrogen) atoms. The molecule has 1 heterocycles. The normalized spacial score (nSPS) is 11.1. The molecule has 0 unspecified atom stereocenters. The first-order valence-corrected chi connectivity index (χ1v) is 10.7. The highest BCUT2D eigenvalue weighted by Gasteiger charge is 2.09. The third-order valence-corrected chi connectivity index (χ3v) is 5.88. The van der Waals surface area contributed by atoms with Gasteiger partial charge in [0.2, 0.25) is 5.91 Å². The minimum absolute atomic E-state index is 0.122. The minimum atomic E-state index is -0.122. The minimum Gasteiger partial charge on any atom is -0.318 e. The predicted molar refractivity (Wildman–Crippen MR) is 121 cm³/mol. The summed E-state index contributed by atoms with van der Waals surface area (Å²) in [6, 6.07) is 18.4. The molecule has 0 fully saturated rings. The topological polar surface area (TPSA) is 46.4 Å². The molecule has 1 amide bonds. The summed E-state index contributed by atoms with van der Waals surface area (Å²) in [5, 5.41) is 4.13. The zero-order chi connectivity index (χ0) is 20.1. The second kappa shape index (κ2) is 9.26. The number of rotatable bonds is 6. The first-order valence-electron chi connectivity index (χ1n) is 8.90. The summed E-state index contributed by atoms with van der Waals surface area (Å²) in [5.74, 6) is 0.210. The highest BCUT2D eigenvalue weighted by molar-refractivity contribution is 9.10. The Morgan fingerprint density at radius 1 is 1.11 bits per heavy atom. The van der Waals surface area contributed by atoms with Gasteiger partial charge in [-0.15, -0.1) is 11.8 Å². The Morgan fingerprint density at radius 2 is 1.79 bits per heavy atom. The van der Waals surface area contributed by atoms with Crippen LogP contribution in [0.2, 0.25) is 0 Å². The van der Waals surface area contributed by atoms with Crippen molar-refractivity contribution in [3.05, 3.63) is 81.6 Å². The van der Waals surface area contributed by atoms with Crippen LogP contribution in [0.4, 0.5) is 0 Å². The lowest BCUT2D eigenvalue weighted by Crippen LogP contribution is -2.19. The van der Waals surface area contributed by atoms with Crippen LogP contribution in [0, 0.1) is 20.8 Å². The molecule has 4 nitrogen and oxygen atoms in total. The van der Waals surface area contributed by atoms with Crippen molar-refractivity contribution in [3.8, 4) is 5.69 Å². The highest BCUT2D eigenvalue weighted by atomic mass is 79.9. The van der Waals surface area contributed by atoms with Gasteiger partial charge in [0.05, 0.1) is 12.0 Å². The number of thioether (sulfide) groups is 1. The molecule has 0 radical (unpaired) electrons. The number of amides is 1. The molecule has 0 bridgehead atoms. The van der Waals surface area contributed by atoms with Crippen LogP contribution in [-0.2, 0) is 4.79 Å². The largest absolute Gasteiger partial charge is 0.318 e. The number of benzene rings is 2. The molecular formula is C22H22BrN3OS. The fraction of sp³-hybridized carbons (Fsp3) is 0.182. The lowest BCUT2D eigenvalue weighted by molar-refractivity contribution is -0.118. The van der Waals surface area contributed by atoms with Gasteiger partial charge >= 0.3 is 0 Å². The molecule has 3 aromatic rings. The molecule has 0 saturated carbocycles. The molecule has 144 valence electrons. The smallest absolute Gasteiger partial charge is 0.250 e. The number of carbonyl (C=O) groups excluding carboxylic acids is 1. The Hall–Kier alpha value is -2.31. The fourth-order valence-electron chi connectivity index (χ4n) is 2.90. The highest BCUT2D eigenvalue weighted by Crippen LogP contribution is 2.21. The van der Waals surface area contributed by atoms with Crippen LogP contribution >= 0.6 is 27.7 Å². The van der Waals surface area contributed by atoms with Gasteiger partial charge in [-0.25, -0.2) is 5.43 Å². The van der Waals surface area contributed by atoms with Crippen molar-refractivity contribution in [2.75, 3.05) is 5.75 Å². The number of aryl methyl sites for hydroxylation is 2. The van der Waals surface area contributed by atoms with E-state index in [1.54, 1.807) is 6.21 Å². The van der Waals surface area contributed by atoms with E-state index in [-0.39, 0.29) is 5.91 Å². The number of halogens is 1. The SMILES string of the molecule is Cc1ccc(SCC(=O)N/N=C\c2cc(C)n(-c3ccc(Br)cc3)c2C)cc1. The van der Waals surface area contributed by atoms with Gasteiger partial charge in [-0.3, -0.25) is 4.79 Å². The lowest BCUT2D eigenvalue weighted by Gasteiger charge is -2.09. The van der Waals surface area contributed by atoms with Crippen molar-refractivity contribution in [2.45, 2.75) is 25.7 Å². The third-order valence-electron chi connectivity index (χ3n) is 4.34. The molecule has 0 aliphatic rings. The molecule has 0 spiro atoms. The Kier molecular flexibility index (Phi) is 6.75. The molecule has 1 aromatic heterocycles. The van der Waals surface area contributed by atoms with Crippen molar-refractivity contribution < 1.29 is 4.79 Å².